The fourth-order valence-corrected chi connectivity index (χ4v) is 11.9. The highest BCUT2D eigenvalue weighted by Crippen LogP contribution is 2.50. The summed E-state index contributed by atoms with van der Waals surface area (Å²) in [5.74, 6) is 2.95. The van der Waals surface area contributed by atoms with Crippen LogP contribution in [-0.4, -0.2) is 46.1 Å². The van der Waals surface area contributed by atoms with E-state index in [1.807, 2.05) is 66.7 Å². The minimum absolute atomic E-state index is 0.0124. The van der Waals surface area contributed by atoms with E-state index in [0.717, 1.165) is 67.5 Å². The number of hydrazine groups is 1. The molecule has 0 saturated carbocycles. The van der Waals surface area contributed by atoms with Crippen molar-refractivity contribution in [1.82, 2.24) is 5.01 Å². The van der Waals surface area contributed by atoms with Crippen molar-refractivity contribution in [1.29, 1.82) is 0 Å². The molecule has 12 heteroatoms. The third kappa shape index (κ3) is 7.46. The summed E-state index contributed by atoms with van der Waals surface area (Å²) in [7, 11) is 0. The van der Waals surface area contributed by atoms with Gasteiger partial charge in [0.15, 0.2) is 10.8 Å². The van der Waals surface area contributed by atoms with E-state index in [1.54, 1.807) is 11.3 Å². The second-order valence-electron chi connectivity index (χ2n) is 22.8. The van der Waals surface area contributed by atoms with Crippen molar-refractivity contribution < 1.29 is 9.33 Å². The standard InChI is InChI=1S/C67H52BN10O/c1-66(2,3)45-29-34-47(35-30-45)75-54-36-31-46(67(4,5)6)40-53(54)68-58-51-24-15-13-22-49(51)50-23-14-16-25-52(50)60(58)76(56-39-44(38-55(75)59(56)68)57-26-17-37-79-57)48-32-27-43(28-33-48)63-72-65-70-61(41-18-9-7-10-19-41)69-64-71-62(42-20-11-8-12-21-42)73-78(74-63)77(64)65/h7-40H,1-6H3/q+1. The molecule has 0 atom stereocenters. The zero-order chi connectivity index (χ0) is 53.3. The van der Waals surface area contributed by atoms with Crippen LogP contribution in [0, 0.1) is 0 Å². The highest BCUT2D eigenvalue weighted by Gasteiger charge is 2.47. The number of amidine groups is 3. The lowest BCUT2D eigenvalue weighted by molar-refractivity contribution is -0.705. The molecule has 6 heterocycles. The monoisotopic (exact) mass is 1020 g/mol. The SMILES string of the molecule is CC(C)(C)c1ccc(N2c3ccc(C(C)(C)C)cc3B3c4c2cc(-c2ccco2)cc4N(c2ccc(C4=N[N+]5=NC(c6ccccc6)=NC6=NC(c7ccccc7)=NC(=N4)N65)cc2)c2c3c3ccccc3c3ccccc23)cc1. The number of benzene rings is 9. The summed E-state index contributed by atoms with van der Waals surface area (Å²) in [4.78, 5) is 26.4. The van der Waals surface area contributed by atoms with Gasteiger partial charge in [0.2, 0.25) is 11.7 Å². The van der Waals surface area contributed by atoms with Crippen LogP contribution >= 0.6 is 0 Å². The lowest BCUT2D eigenvalue weighted by Crippen LogP contribution is -2.61. The van der Waals surface area contributed by atoms with Crippen LogP contribution in [0.15, 0.2) is 241 Å². The molecule has 11 nitrogen and oxygen atoms in total. The zero-order valence-electron chi connectivity index (χ0n) is 44.6. The Balaban J connectivity index is 0.972. The molecule has 0 amide bonds. The smallest absolute Gasteiger partial charge is 0.302 e. The van der Waals surface area contributed by atoms with Gasteiger partial charge in [-0.15, -0.1) is 0 Å². The van der Waals surface area contributed by atoms with Crippen molar-refractivity contribution in [2.75, 3.05) is 9.80 Å². The Morgan fingerprint density at radius 3 is 1.63 bits per heavy atom. The summed E-state index contributed by atoms with van der Waals surface area (Å²) in [5, 5.41) is 16.4. The fourth-order valence-electron chi connectivity index (χ4n) is 11.9. The molecule has 0 fully saturated rings. The number of hydrogen-bond donors (Lipinski definition) is 0. The third-order valence-corrected chi connectivity index (χ3v) is 15.8. The average Bonchev–Trinajstić information content (AvgIpc) is 3.39. The van der Waals surface area contributed by atoms with Gasteiger partial charge in [-0.25, -0.2) is 0 Å². The molecule has 378 valence electrons. The quantitative estimate of drug-likeness (QED) is 0.0941. The van der Waals surface area contributed by atoms with E-state index in [4.69, 9.17) is 34.6 Å². The number of nitrogens with zero attached hydrogens (tertiary/aromatic N) is 10. The minimum atomic E-state index is -0.142. The first-order valence-corrected chi connectivity index (χ1v) is 26.9. The van der Waals surface area contributed by atoms with Gasteiger partial charge in [-0.1, -0.05) is 175 Å². The summed E-state index contributed by atoms with van der Waals surface area (Å²) in [6.45, 7) is 13.6. The van der Waals surface area contributed by atoms with Crippen LogP contribution in [0.4, 0.5) is 34.1 Å². The number of guanidine groups is 2. The maximum atomic E-state index is 6.32. The van der Waals surface area contributed by atoms with E-state index >= 15 is 0 Å². The maximum absolute atomic E-state index is 6.32. The molecule has 5 aliphatic heterocycles. The molecule has 0 bridgehead atoms. The van der Waals surface area contributed by atoms with Gasteiger partial charge < -0.3 is 14.2 Å². The summed E-state index contributed by atoms with van der Waals surface area (Å²) in [6, 6.07) is 71.3. The van der Waals surface area contributed by atoms with Crippen LogP contribution in [0.5, 0.6) is 0 Å². The van der Waals surface area contributed by atoms with E-state index in [0.29, 0.717) is 29.4 Å². The summed E-state index contributed by atoms with van der Waals surface area (Å²) in [5.41, 5.74) is 16.2. The summed E-state index contributed by atoms with van der Waals surface area (Å²) < 4.78 is 6.32. The van der Waals surface area contributed by atoms with Crippen molar-refractivity contribution in [3.63, 3.8) is 0 Å². The predicted molar refractivity (Wildman–Crippen MR) is 322 cm³/mol. The van der Waals surface area contributed by atoms with Gasteiger partial charge in [-0.2, -0.15) is 20.0 Å². The van der Waals surface area contributed by atoms with Gasteiger partial charge in [0.1, 0.15) is 5.76 Å². The molecule has 0 radical (unpaired) electrons. The maximum Gasteiger partial charge on any atom is 0.302 e. The summed E-state index contributed by atoms with van der Waals surface area (Å²) >= 11 is 0. The molecule has 0 spiro atoms. The first-order valence-electron chi connectivity index (χ1n) is 26.9. The molecule has 79 heavy (non-hydrogen) atoms. The Hall–Kier alpha value is -9.81. The average molecular weight is 1020 g/mol. The minimum Gasteiger partial charge on any atom is -0.464 e. The van der Waals surface area contributed by atoms with Crippen molar-refractivity contribution >= 4 is 108 Å². The number of hydrogen-bond acceptors (Lipinski definition) is 10. The number of fused-ring (bicyclic) bond motifs is 9. The molecule has 0 aliphatic carbocycles. The molecule has 0 unspecified atom stereocenters. The van der Waals surface area contributed by atoms with E-state index in [1.165, 1.54) is 48.6 Å². The van der Waals surface area contributed by atoms with Crippen molar-refractivity contribution in [3.8, 4) is 11.3 Å². The predicted octanol–water partition coefficient (Wildman–Crippen LogP) is 13.9. The van der Waals surface area contributed by atoms with Crippen molar-refractivity contribution in [2.24, 2.45) is 30.2 Å². The highest BCUT2D eigenvalue weighted by atomic mass is 16.3. The molecule has 15 rings (SSSR count). The number of anilines is 6. The van der Waals surface area contributed by atoms with Gasteiger partial charge >= 0.3 is 11.9 Å². The van der Waals surface area contributed by atoms with Crippen LogP contribution in [0.3, 0.4) is 0 Å². The summed E-state index contributed by atoms with van der Waals surface area (Å²) in [6.07, 6.45) is 1.76. The van der Waals surface area contributed by atoms with Crippen LogP contribution in [0.25, 0.3) is 32.9 Å². The van der Waals surface area contributed by atoms with E-state index in [-0.39, 0.29) is 17.5 Å². The number of rotatable bonds is 6. The number of aliphatic imine (C=N–C) groups is 4. The van der Waals surface area contributed by atoms with E-state index in [9.17, 15) is 0 Å². The second kappa shape index (κ2) is 17.4. The van der Waals surface area contributed by atoms with Gasteiger partial charge in [0.25, 0.3) is 6.71 Å². The Kier molecular flexibility index (Phi) is 10.2. The Morgan fingerprint density at radius 1 is 0.430 bits per heavy atom. The largest absolute Gasteiger partial charge is 0.464 e. The highest BCUT2D eigenvalue weighted by molar-refractivity contribution is 7.02. The lowest BCUT2D eigenvalue weighted by atomic mass is 9.32. The molecule has 10 aromatic rings. The Labute approximate surface area is 458 Å². The van der Waals surface area contributed by atoms with E-state index in [2.05, 4.69) is 185 Å². The van der Waals surface area contributed by atoms with Gasteiger partial charge in [0.05, 0.1) is 16.5 Å². The van der Waals surface area contributed by atoms with Crippen molar-refractivity contribution in [2.45, 2.75) is 52.4 Å². The molecule has 9 aromatic carbocycles. The molecule has 1 aromatic heterocycles. The molecular weight excluding hydrogens is 972 g/mol. The van der Waals surface area contributed by atoms with Crippen LogP contribution < -0.4 is 26.2 Å². The number of furan rings is 1. The normalized spacial score (nSPS) is 15.3. The lowest BCUT2D eigenvalue weighted by Gasteiger charge is -2.45. The molecular formula is C67H52BN10O+. The van der Waals surface area contributed by atoms with Gasteiger partial charge in [-0.05, 0) is 121 Å². The molecule has 5 aliphatic rings. The topological polar surface area (TPSA) is 100 Å². The molecule has 0 N–H and O–H groups in total. The first kappa shape index (κ1) is 46.5. The fraction of sp³-hybridized carbons (Fsp3) is 0.119. The van der Waals surface area contributed by atoms with Crippen LogP contribution in [0.2, 0.25) is 0 Å². The zero-order valence-corrected chi connectivity index (χ0v) is 44.6. The Morgan fingerprint density at radius 2 is 0.975 bits per heavy atom. The Bertz CT molecular complexity index is 4340. The second-order valence-corrected chi connectivity index (χ2v) is 22.8. The van der Waals surface area contributed by atoms with Crippen LogP contribution in [-0.2, 0) is 10.8 Å². The van der Waals surface area contributed by atoms with Crippen LogP contribution in [0.1, 0.15) is 69.4 Å². The number of hydrazone groups is 1. The van der Waals surface area contributed by atoms with Crippen molar-refractivity contribution in [3.05, 3.63) is 234 Å². The third-order valence-electron chi connectivity index (χ3n) is 15.8. The van der Waals surface area contributed by atoms with E-state index < -0.39 is 0 Å². The first-order chi connectivity index (χ1) is 38.4. The van der Waals surface area contributed by atoms with Gasteiger partial charge in [0, 0.05) is 66.8 Å². The van der Waals surface area contributed by atoms with Gasteiger partial charge in [-0.3, -0.25) is 0 Å². The molecule has 0 saturated heterocycles.